The van der Waals surface area contributed by atoms with Crippen LogP contribution in [-0.2, 0) is 9.53 Å². The van der Waals surface area contributed by atoms with Crippen LogP contribution in [0, 0.1) is 6.92 Å². The second-order valence-electron chi connectivity index (χ2n) is 5.82. The molecule has 21 heavy (non-hydrogen) atoms. The highest BCUT2D eigenvalue weighted by molar-refractivity contribution is 5.77. The average molecular weight is 292 g/mol. The molecule has 1 amide bonds. The van der Waals surface area contributed by atoms with Gasteiger partial charge in [-0.1, -0.05) is 12.1 Å². The average Bonchev–Trinajstić information content (AvgIpc) is 2.42. The molecule has 0 spiro atoms. The van der Waals surface area contributed by atoms with Crippen molar-refractivity contribution < 1.29 is 14.3 Å². The van der Waals surface area contributed by atoms with Gasteiger partial charge in [-0.2, -0.15) is 0 Å². The summed E-state index contributed by atoms with van der Waals surface area (Å²) in [6.45, 7) is 6.79. The molecule has 1 aliphatic heterocycles. The van der Waals surface area contributed by atoms with Crippen molar-refractivity contribution in [1.29, 1.82) is 0 Å². The van der Waals surface area contributed by atoms with E-state index in [0.717, 1.165) is 24.4 Å². The van der Waals surface area contributed by atoms with Crippen LogP contribution in [-0.4, -0.2) is 56.3 Å². The van der Waals surface area contributed by atoms with E-state index in [2.05, 4.69) is 5.32 Å². The van der Waals surface area contributed by atoms with Crippen LogP contribution in [0.2, 0.25) is 0 Å². The van der Waals surface area contributed by atoms with E-state index in [1.807, 2.05) is 38.1 Å². The van der Waals surface area contributed by atoms with Gasteiger partial charge in [0.25, 0.3) is 0 Å². The predicted molar refractivity (Wildman–Crippen MR) is 81.5 cm³/mol. The van der Waals surface area contributed by atoms with Crippen LogP contribution in [0.1, 0.15) is 12.5 Å². The molecule has 1 fully saturated rings. The maximum atomic E-state index is 12.0. The molecule has 1 aliphatic rings. The first-order chi connectivity index (χ1) is 9.98. The molecule has 5 heteroatoms. The van der Waals surface area contributed by atoms with Gasteiger partial charge in [0.1, 0.15) is 19.0 Å². The Morgan fingerprint density at radius 2 is 2.19 bits per heavy atom. The molecule has 0 aliphatic carbocycles. The largest absolute Gasteiger partial charge is 0.492 e. The lowest BCUT2D eigenvalue weighted by Gasteiger charge is -2.39. The van der Waals surface area contributed by atoms with Crippen molar-refractivity contribution in [3.05, 3.63) is 29.8 Å². The van der Waals surface area contributed by atoms with Gasteiger partial charge in [0.2, 0.25) is 5.91 Å². The molecular weight excluding hydrogens is 268 g/mol. The third-order valence-electron chi connectivity index (χ3n) is 3.65. The Balaban J connectivity index is 1.66. The van der Waals surface area contributed by atoms with Crippen LogP contribution < -0.4 is 10.1 Å². The van der Waals surface area contributed by atoms with Gasteiger partial charge in [-0.15, -0.1) is 0 Å². The highest BCUT2D eigenvalue weighted by Gasteiger charge is 2.33. The van der Waals surface area contributed by atoms with Crippen molar-refractivity contribution in [1.82, 2.24) is 10.2 Å². The number of hydrogen-bond acceptors (Lipinski definition) is 4. The number of rotatable bonds is 7. The van der Waals surface area contributed by atoms with E-state index < -0.39 is 0 Å². The smallest absolute Gasteiger partial charge is 0.248 e. The molecule has 2 rings (SSSR count). The van der Waals surface area contributed by atoms with Crippen LogP contribution in [0.4, 0.5) is 0 Å². The summed E-state index contributed by atoms with van der Waals surface area (Å²) in [6.07, 6.45) is 0. The van der Waals surface area contributed by atoms with Crippen molar-refractivity contribution in [3.63, 3.8) is 0 Å². The molecule has 1 aromatic carbocycles. The molecule has 0 radical (unpaired) electrons. The zero-order valence-electron chi connectivity index (χ0n) is 13.0. The van der Waals surface area contributed by atoms with E-state index in [0.29, 0.717) is 13.2 Å². The molecule has 1 heterocycles. The molecular formula is C16H24N2O3. The summed E-state index contributed by atoms with van der Waals surface area (Å²) in [5.74, 6) is 0.816. The zero-order chi connectivity index (χ0) is 15.3. The van der Waals surface area contributed by atoms with Gasteiger partial charge in [-0.05, 0) is 31.5 Å². The van der Waals surface area contributed by atoms with Crippen molar-refractivity contribution in [2.45, 2.75) is 19.4 Å². The third kappa shape index (κ3) is 4.72. The van der Waals surface area contributed by atoms with Crippen LogP contribution in [0.3, 0.4) is 0 Å². The van der Waals surface area contributed by atoms with Gasteiger partial charge >= 0.3 is 0 Å². The minimum atomic E-state index is -0.186. The number of ether oxygens (including phenoxy) is 2. The second kappa shape index (κ2) is 6.91. The first-order valence-corrected chi connectivity index (χ1v) is 7.27. The molecule has 0 aromatic heterocycles. The van der Waals surface area contributed by atoms with Gasteiger partial charge in [-0.25, -0.2) is 0 Å². The summed E-state index contributed by atoms with van der Waals surface area (Å²) in [5.41, 5.74) is 0.974. The molecule has 0 saturated carbocycles. The molecule has 1 aromatic rings. The Morgan fingerprint density at radius 1 is 1.43 bits per heavy atom. The number of carbonyl (C=O) groups excluding carboxylic acids is 1. The molecule has 0 unspecified atom stereocenters. The zero-order valence-corrected chi connectivity index (χ0v) is 13.0. The minimum absolute atomic E-state index is 0.0176. The molecule has 5 nitrogen and oxygen atoms in total. The lowest BCUT2D eigenvalue weighted by molar-refractivity contribution is -0.145. The number of amides is 1. The standard InChI is InChI=1S/C16H24N2O3/c1-13-5-4-6-14(9-13)20-8-7-18(3)15(19)10-21-16(2)11-17-12-16/h4-6,9,17H,7-8,10-12H2,1-3H3. The lowest BCUT2D eigenvalue weighted by Crippen LogP contribution is -2.59. The topological polar surface area (TPSA) is 50.8 Å². The fraction of sp³-hybridized carbons (Fsp3) is 0.562. The lowest BCUT2D eigenvalue weighted by atomic mass is 10.0. The van der Waals surface area contributed by atoms with Gasteiger partial charge in [0.05, 0.1) is 12.1 Å². The Morgan fingerprint density at radius 3 is 2.81 bits per heavy atom. The van der Waals surface area contributed by atoms with Crippen molar-refractivity contribution in [2.75, 3.05) is 39.9 Å². The SMILES string of the molecule is Cc1cccc(OCCN(C)C(=O)COC2(C)CNC2)c1. The van der Waals surface area contributed by atoms with Gasteiger partial charge in [0, 0.05) is 20.1 Å². The Kier molecular flexibility index (Phi) is 5.20. The summed E-state index contributed by atoms with van der Waals surface area (Å²) in [4.78, 5) is 13.6. The number of hydrogen-bond donors (Lipinski definition) is 1. The maximum Gasteiger partial charge on any atom is 0.248 e. The van der Waals surface area contributed by atoms with Gasteiger partial charge in [-0.3, -0.25) is 4.79 Å². The molecule has 0 bridgehead atoms. The van der Waals surface area contributed by atoms with E-state index in [4.69, 9.17) is 9.47 Å². The summed E-state index contributed by atoms with van der Waals surface area (Å²) in [5, 5.41) is 3.14. The second-order valence-corrected chi connectivity index (χ2v) is 5.82. The monoisotopic (exact) mass is 292 g/mol. The molecule has 0 atom stereocenters. The van der Waals surface area contributed by atoms with Crippen LogP contribution in [0.5, 0.6) is 5.75 Å². The molecule has 116 valence electrons. The van der Waals surface area contributed by atoms with Crippen molar-refractivity contribution in [2.24, 2.45) is 0 Å². The quantitative estimate of drug-likeness (QED) is 0.821. The Bertz CT molecular complexity index is 486. The third-order valence-corrected chi connectivity index (χ3v) is 3.65. The number of nitrogens with one attached hydrogen (secondary N) is 1. The first kappa shape index (κ1) is 15.8. The van der Waals surface area contributed by atoms with E-state index in [1.165, 1.54) is 0 Å². The first-order valence-electron chi connectivity index (χ1n) is 7.27. The van der Waals surface area contributed by atoms with Crippen LogP contribution in [0.25, 0.3) is 0 Å². The van der Waals surface area contributed by atoms with Crippen LogP contribution >= 0.6 is 0 Å². The molecule has 1 N–H and O–H groups in total. The predicted octanol–water partition coefficient (Wildman–Crippen LogP) is 1.21. The number of carbonyl (C=O) groups is 1. The highest BCUT2D eigenvalue weighted by atomic mass is 16.5. The van der Waals surface area contributed by atoms with Gasteiger partial charge < -0.3 is 19.7 Å². The summed E-state index contributed by atoms with van der Waals surface area (Å²) in [6, 6.07) is 7.88. The Hall–Kier alpha value is -1.59. The number of nitrogens with zero attached hydrogens (tertiary/aromatic N) is 1. The van der Waals surface area contributed by atoms with Crippen LogP contribution in [0.15, 0.2) is 24.3 Å². The maximum absolute atomic E-state index is 12.0. The fourth-order valence-corrected chi connectivity index (χ4v) is 2.06. The number of likely N-dealkylation sites (N-methyl/N-ethyl adjacent to an activating group) is 1. The fourth-order valence-electron chi connectivity index (χ4n) is 2.06. The summed E-state index contributed by atoms with van der Waals surface area (Å²) < 4.78 is 11.3. The summed E-state index contributed by atoms with van der Waals surface area (Å²) >= 11 is 0. The van der Waals surface area contributed by atoms with E-state index in [9.17, 15) is 4.79 Å². The summed E-state index contributed by atoms with van der Waals surface area (Å²) in [7, 11) is 1.77. The van der Waals surface area contributed by atoms with Gasteiger partial charge in [0.15, 0.2) is 0 Å². The van der Waals surface area contributed by atoms with E-state index in [1.54, 1.807) is 11.9 Å². The minimum Gasteiger partial charge on any atom is -0.492 e. The normalized spacial score (nSPS) is 16.1. The molecule has 1 saturated heterocycles. The van der Waals surface area contributed by atoms with E-state index in [-0.39, 0.29) is 18.1 Å². The number of benzene rings is 1. The van der Waals surface area contributed by atoms with E-state index >= 15 is 0 Å². The Labute approximate surface area is 126 Å². The number of aryl methyl sites for hydroxylation is 1. The highest BCUT2D eigenvalue weighted by Crippen LogP contribution is 2.15. The van der Waals surface area contributed by atoms with Crippen molar-refractivity contribution >= 4 is 5.91 Å². The van der Waals surface area contributed by atoms with Crippen molar-refractivity contribution in [3.8, 4) is 5.75 Å².